The summed E-state index contributed by atoms with van der Waals surface area (Å²) in [6.45, 7) is 6.94. The van der Waals surface area contributed by atoms with E-state index in [9.17, 15) is 4.79 Å². The minimum atomic E-state index is -0.373. The van der Waals surface area contributed by atoms with Gasteiger partial charge in [-0.15, -0.1) is 0 Å². The molecule has 0 saturated carbocycles. The van der Waals surface area contributed by atoms with Gasteiger partial charge in [-0.3, -0.25) is 9.78 Å². The number of carbonyl (C=O) groups excluding carboxylic acids is 1. The lowest BCUT2D eigenvalue weighted by atomic mass is 10.2. The van der Waals surface area contributed by atoms with Gasteiger partial charge in [0.15, 0.2) is 5.82 Å². The summed E-state index contributed by atoms with van der Waals surface area (Å²) in [7, 11) is 0. The minimum Gasteiger partial charge on any atom is -0.368 e. The Labute approximate surface area is 130 Å². The highest BCUT2D eigenvalue weighted by Crippen LogP contribution is 2.20. The van der Waals surface area contributed by atoms with E-state index in [1.165, 1.54) is 0 Å². The molecule has 2 rings (SSSR count). The maximum Gasteiger partial charge on any atom is 0.236 e. The topological polar surface area (TPSA) is 85.0 Å². The Kier molecular flexibility index (Phi) is 5.04. The van der Waals surface area contributed by atoms with Crippen LogP contribution in [0.4, 0.5) is 5.82 Å². The number of pyridine rings is 1. The quantitative estimate of drug-likeness (QED) is 0.879. The lowest BCUT2D eigenvalue weighted by Crippen LogP contribution is -2.37. The van der Waals surface area contributed by atoms with Crippen molar-refractivity contribution >= 4 is 11.7 Å². The van der Waals surface area contributed by atoms with Crippen molar-refractivity contribution in [3.05, 3.63) is 36.3 Å². The lowest BCUT2D eigenvalue weighted by Gasteiger charge is -2.24. The van der Waals surface area contributed by atoms with E-state index in [2.05, 4.69) is 28.8 Å². The second-order valence-corrected chi connectivity index (χ2v) is 5.67. The molecule has 0 fully saturated rings. The molecule has 1 amide bonds. The van der Waals surface area contributed by atoms with Gasteiger partial charge in [-0.1, -0.05) is 13.8 Å². The van der Waals surface area contributed by atoms with Crippen LogP contribution in [0.1, 0.15) is 19.5 Å². The number of amides is 1. The average molecular weight is 299 g/mol. The zero-order chi connectivity index (χ0) is 16.1. The van der Waals surface area contributed by atoms with Crippen LogP contribution in [-0.4, -0.2) is 33.9 Å². The highest BCUT2D eigenvalue weighted by Gasteiger charge is 2.15. The maximum absolute atomic E-state index is 11.3. The molecule has 0 radical (unpaired) electrons. The number of aromatic nitrogens is 3. The van der Waals surface area contributed by atoms with Gasteiger partial charge in [0, 0.05) is 36.3 Å². The van der Waals surface area contributed by atoms with Crippen molar-refractivity contribution in [3.63, 3.8) is 0 Å². The number of primary amides is 1. The number of nitrogens with zero attached hydrogens (tertiary/aromatic N) is 4. The van der Waals surface area contributed by atoms with Crippen molar-refractivity contribution in [2.45, 2.75) is 20.8 Å². The van der Waals surface area contributed by atoms with Gasteiger partial charge in [-0.05, 0) is 25.0 Å². The Morgan fingerprint density at radius 1 is 1.27 bits per heavy atom. The Balaban J connectivity index is 2.40. The Bertz CT molecular complexity index is 642. The molecule has 0 aliphatic carbocycles. The van der Waals surface area contributed by atoms with Crippen molar-refractivity contribution in [2.24, 2.45) is 11.7 Å². The Hall–Kier alpha value is -2.50. The summed E-state index contributed by atoms with van der Waals surface area (Å²) in [5.74, 6) is 1.35. The summed E-state index contributed by atoms with van der Waals surface area (Å²) in [5.41, 5.74) is 7.10. The van der Waals surface area contributed by atoms with E-state index in [1.54, 1.807) is 12.4 Å². The van der Waals surface area contributed by atoms with E-state index in [4.69, 9.17) is 5.73 Å². The molecule has 6 nitrogen and oxygen atoms in total. The van der Waals surface area contributed by atoms with E-state index in [-0.39, 0.29) is 12.5 Å². The zero-order valence-electron chi connectivity index (χ0n) is 13.2. The predicted molar refractivity (Wildman–Crippen MR) is 86.2 cm³/mol. The number of nitrogens with two attached hydrogens (primary N) is 1. The number of aryl methyl sites for hydroxylation is 1. The van der Waals surface area contributed by atoms with Crippen LogP contribution in [0.15, 0.2) is 30.6 Å². The van der Waals surface area contributed by atoms with E-state index in [1.807, 2.05) is 30.0 Å². The van der Waals surface area contributed by atoms with E-state index >= 15 is 0 Å². The zero-order valence-corrected chi connectivity index (χ0v) is 13.2. The summed E-state index contributed by atoms with van der Waals surface area (Å²) >= 11 is 0. The van der Waals surface area contributed by atoms with Gasteiger partial charge in [-0.25, -0.2) is 9.97 Å². The van der Waals surface area contributed by atoms with Crippen LogP contribution in [0.5, 0.6) is 0 Å². The predicted octanol–water partition coefficient (Wildman–Crippen LogP) is 1.79. The summed E-state index contributed by atoms with van der Waals surface area (Å²) in [4.78, 5) is 26.3. The van der Waals surface area contributed by atoms with Gasteiger partial charge < -0.3 is 10.6 Å². The molecule has 22 heavy (non-hydrogen) atoms. The molecule has 0 aliphatic rings. The van der Waals surface area contributed by atoms with Crippen LogP contribution in [0.25, 0.3) is 11.4 Å². The van der Waals surface area contributed by atoms with E-state index < -0.39 is 0 Å². The molecular formula is C16H21N5O. The standard InChI is InChI=1S/C16H21N5O/c1-11(2)9-21(10-14(17)22)15-8-12(3)19-16(20-15)13-4-6-18-7-5-13/h4-8,11H,9-10H2,1-3H3,(H2,17,22). The maximum atomic E-state index is 11.3. The number of hydrogen-bond acceptors (Lipinski definition) is 5. The fourth-order valence-corrected chi connectivity index (χ4v) is 2.21. The van der Waals surface area contributed by atoms with Crippen LogP contribution in [0.2, 0.25) is 0 Å². The van der Waals surface area contributed by atoms with E-state index in [0.717, 1.165) is 11.3 Å². The highest BCUT2D eigenvalue weighted by atomic mass is 16.1. The van der Waals surface area contributed by atoms with Crippen molar-refractivity contribution < 1.29 is 4.79 Å². The Morgan fingerprint density at radius 2 is 1.95 bits per heavy atom. The van der Waals surface area contributed by atoms with Gasteiger partial charge >= 0.3 is 0 Å². The van der Waals surface area contributed by atoms with Crippen molar-refractivity contribution in [1.29, 1.82) is 0 Å². The van der Waals surface area contributed by atoms with Gasteiger partial charge in [0.1, 0.15) is 5.82 Å². The third kappa shape index (κ3) is 4.25. The average Bonchev–Trinajstić information content (AvgIpc) is 2.46. The van der Waals surface area contributed by atoms with Crippen LogP contribution < -0.4 is 10.6 Å². The number of hydrogen-bond donors (Lipinski definition) is 1. The molecular weight excluding hydrogens is 278 g/mol. The lowest BCUT2D eigenvalue weighted by molar-refractivity contribution is -0.116. The van der Waals surface area contributed by atoms with Crippen LogP contribution in [0, 0.1) is 12.8 Å². The summed E-state index contributed by atoms with van der Waals surface area (Å²) < 4.78 is 0. The third-order valence-electron chi connectivity index (χ3n) is 3.04. The first-order chi connectivity index (χ1) is 10.5. The van der Waals surface area contributed by atoms with Crippen molar-refractivity contribution in [3.8, 4) is 11.4 Å². The molecule has 0 unspecified atom stereocenters. The smallest absolute Gasteiger partial charge is 0.236 e. The van der Waals surface area contributed by atoms with Crippen LogP contribution >= 0.6 is 0 Å². The molecule has 0 aliphatic heterocycles. The summed E-state index contributed by atoms with van der Waals surface area (Å²) in [6, 6.07) is 5.59. The minimum absolute atomic E-state index is 0.143. The molecule has 2 heterocycles. The largest absolute Gasteiger partial charge is 0.368 e. The number of rotatable bonds is 6. The van der Waals surface area contributed by atoms with E-state index in [0.29, 0.717) is 24.1 Å². The summed E-state index contributed by atoms with van der Waals surface area (Å²) in [6.07, 6.45) is 3.41. The fourth-order valence-electron chi connectivity index (χ4n) is 2.21. The first kappa shape index (κ1) is 15.9. The van der Waals surface area contributed by atoms with Crippen LogP contribution in [-0.2, 0) is 4.79 Å². The van der Waals surface area contributed by atoms with Gasteiger partial charge in [0.05, 0.1) is 6.54 Å². The molecule has 2 aromatic rings. The summed E-state index contributed by atoms with van der Waals surface area (Å²) in [5, 5.41) is 0. The molecule has 0 saturated heterocycles. The SMILES string of the molecule is Cc1cc(N(CC(N)=O)CC(C)C)nc(-c2ccncc2)n1. The molecule has 2 N–H and O–H groups in total. The number of anilines is 1. The molecule has 0 atom stereocenters. The molecule has 2 aromatic heterocycles. The third-order valence-corrected chi connectivity index (χ3v) is 3.04. The molecule has 0 bridgehead atoms. The van der Waals surface area contributed by atoms with Crippen molar-refractivity contribution in [2.75, 3.05) is 18.0 Å². The Morgan fingerprint density at radius 3 is 2.55 bits per heavy atom. The normalized spacial score (nSPS) is 10.7. The fraction of sp³-hybridized carbons (Fsp3) is 0.375. The molecule has 0 aromatic carbocycles. The molecule has 0 spiro atoms. The monoisotopic (exact) mass is 299 g/mol. The van der Waals surface area contributed by atoms with Gasteiger partial charge in [-0.2, -0.15) is 0 Å². The van der Waals surface area contributed by atoms with Gasteiger partial charge in [0.25, 0.3) is 0 Å². The van der Waals surface area contributed by atoms with Crippen molar-refractivity contribution in [1.82, 2.24) is 15.0 Å². The number of carbonyl (C=O) groups is 1. The molecule has 116 valence electrons. The van der Waals surface area contributed by atoms with Gasteiger partial charge in [0.2, 0.25) is 5.91 Å². The highest BCUT2D eigenvalue weighted by molar-refractivity contribution is 5.79. The second kappa shape index (κ2) is 6.98. The first-order valence-electron chi connectivity index (χ1n) is 7.25. The molecule has 6 heteroatoms. The van der Waals surface area contributed by atoms with Crippen LogP contribution in [0.3, 0.4) is 0 Å². The second-order valence-electron chi connectivity index (χ2n) is 5.67. The first-order valence-corrected chi connectivity index (χ1v) is 7.25.